The van der Waals surface area contributed by atoms with Gasteiger partial charge in [-0.15, -0.1) is 0 Å². The van der Waals surface area contributed by atoms with Gasteiger partial charge in [-0.2, -0.15) is 13.2 Å². The fourth-order valence-corrected chi connectivity index (χ4v) is 2.81. The highest BCUT2D eigenvalue weighted by Gasteiger charge is 2.39. The molecule has 6 nitrogen and oxygen atoms in total. The van der Waals surface area contributed by atoms with Crippen LogP contribution in [0.1, 0.15) is 11.1 Å². The number of rotatable bonds is 3. The van der Waals surface area contributed by atoms with Crippen LogP contribution in [0.2, 0.25) is 5.02 Å². The molecule has 0 radical (unpaired) electrons. The molecule has 0 atom stereocenters. The summed E-state index contributed by atoms with van der Waals surface area (Å²) in [5.74, 6) is -1.54. The molecule has 150 valence electrons. The quantitative estimate of drug-likeness (QED) is 0.596. The number of carbonyl (C=O) groups is 3. The van der Waals surface area contributed by atoms with Crippen molar-refractivity contribution in [3.05, 3.63) is 64.2 Å². The molecular formula is C19H12ClF3N2O4. The number of nitrogens with one attached hydrogen (secondary N) is 1. The molecule has 2 aromatic carbocycles. The maximum atomic E-state index is 13.0. The summed E-state index contributed by atoms with van der Waals surface area (Å²) in [6.07, 6.45) is -3.51. The van der Waals surface area contributed by atoms with Crippen LogP contribution in [0.4, 0.5) is 23.7 Å². The third-order valence-corrected chi connectivity index (χ3v) is 4.36. The first kappa shape index (κ1) is 20.4. The van der Waals surface area contributed by atoms with E-state index in [1.807, 2.05) is 5.32 Å². The minimum atomic E-state index is -4.72. The molecule has 1 aliphatic rings. The number of urea groups is 1. The third-order valence-electron chi connectivity index (χ3n) is 4.04. The lowest BCUT2D eigenvalue weighted by Crippen LogP contribution is -2.54. The number of imide groups is 2. The maximum absolute atomic E-state index is 13.0. The van der Waals surface area contributed by atoms with Crippen LogP contribution in [-0.2, 0) is 15.8 Å². The standard InChI is InChI=1S/C19H12ClF3N2O4/c1-29-12-5-2-10(3-6-12)8-13-16(26)24-18(28)25(17(13)27)15-9-11(19(21,22)23)4-7-14(15)20/h2-9H,1H3,(H,24,26,28)/b13-8+. The van der Waals surface area contributed by atoms with Gasteiger partial charge in [0.25, 0.3) is 11.8 Å². The largest absolute Gasteiger partial charge is 0.497 e. The van der Waals surface area contributed by atoms with E-state index in [0.29, 0.717) is 22.3 Å². The zero-order valence-electron chi connectivity index (χ0n) is 14.7. The van der Waals surface area contributed by atoms with Crippen LogP contribution in [0.5, 0.6) is 5.75 Å². The molecule has 0 aliphatic carbocycles. The maximum Gasteiger partial charge on any atom is 0.416 e. The van der Waals surface area contributed by atoms with Gasteiger partial charge in [-0.05, 0) is 42.0 Å². The Morgan fingerprint density at radius 1 is 1.07 bits per heavy atom. The highest BCUT2D eigenvalue weighted by Crippen LogP contribution is 2.36. The molecule has 1 N–H and O–H groups in total. The number of halogens is 4. The molecule has 0 unspecified atom stereocenters. The van der Waals surface area contributed by atoms with Crippen molar-refractivity contribution in [2.24, 2.45) is 0 Å². The molecule has 1 heterocycles. The van der Waals surface area contributed by atoms with Gasteiger partial charge in [0.2, 0.25) is 0 Å². The number of ether oxygens (including phenoxy) is 1. The van der Waals surface area contributed by atoms with E-state index in [1.165, 1.54) is 13.2 Å². The number of barbiturate groups is 1. The zero-order chi connectivity index (χ0) is 21.3. The Hall–Kier alpha value is -3.33. The Bertz CT molecular complexity index is 1030. The Morgan fingerprint density at radius 3 is 2.31 bits per heavy atom. The highest BCUT2D eigenvalue weighted by atomic mass is 35.5. The fraction of sp³-hybridized carbons (Fsp3) is 0.105. The van der Waals surface area contributed by atoms with Crippen LogP contribution >= 0.6 is 11.6 Å². The third kappa shape index (κ3) is 4.09. The normalized spacial score (nSPS) is 16.2. The van der Waals surface area contributed by atoms with E-state index < -0.39 is 40.8 Å². The number of nitrogens with zero attached hydrogens (tertiary/aromatic N) is 1. The van der Waals surface area contributed by atoms with Gasteiger partial charge in [0.1, 0.15) is 11.3 Å². The van der Waals surface area contributed by atoms with Crippen molar-refractivity contribution < 1.29 is 32.3 Å². The van der Waals surface area contributed by atoms with Crippen molar-refractivity contribution in [3.63, 3.8) is 0 Å². The molecule has 4 amide bonds. The van der Waals surface area contributed by atoms with Crippen molar-refractivity contribution in [2.75, 3.05) is 12.0 Å². The molecule has 1 aliphatic heterocycles. The van der Waals surface area contributed by atoms with Crippen molar-refractivity contribution >= 4 is 41.2 Å². The van der Waals surface area contributed by atoms with Crippen LogP contribution in [0.25, 0.3) is 6.08 Å². The summed E-state index contributed by atoms with van der Waals surface area (Å²) in [7, 11) is 1.47. The van der Waals surface area contributed by atoms with E-state index in [4.69, 9.17) is 16.3 Å². The molecule has 1 fully saturated rings. The van der Waals surface area contributed by atoms with Crippen molar-refractivity contribution in [2.45, 2.75) is 6.18 Å². The molecule has 2 aromatic rings. The molecule has 0 saturated carbocycles. The molecule has 10 heteroatoms. The first-order chi connectivity index (χ1) is 13.6. The highest BCUT2D eigenvalue weighted by molar-refractivity contribution is 6.42. The van der Waals surface area contributed by atoms with Gasteiger partial charge in [-0.3, -0.25) is 14.9 Å². The lowest BCUT2D eigenvalue weighted by molar-refractivity contribution is -0.137. The van der Waals surface area contributed by atoms with E-state index in [-0.39, 0.29) is 5.02 Å². The molecule has 3 rings (SSSR count). The molecule has 1 saturated heterocycles. The van der Waals surface area contributed by atoms with Gasteiger partial charge in [-0.25, -0.2) is 9.69 Å². The lowest BCUT2D eigenvalue weighted by atomic mass is 10.1. The van der Waals surface area contributed by atoms with Crippen molar-refractivity contribution in [1.82, 2.24) is 5.32 Å². The number of hydrogen-bond acceptors (Lipinski definition) is 4. The molecule has 0 aromatic heterocycles. The number of benzene rings is 2. The molecule has 0 spiro atoms. The second-order valence-electron chi connectivity index (χ2n) is 5.89. The second kappa shape index (κ2) is 7.59. The first-order valence-corrected chi connectivity index (χ1v) is 8.42. The summed E-state index contributed by atoms with van der Waals surface area (Å²) in [5, 5.41) is 1.67. The van der Waals surface area contributed by atoms with Gasteiger partial charge < -0.3 is 4.74 Å². The monoisotopic (exact) mass is 424 g/mol. The number of amides is 4. The predicted molar refractivity (Wildman–Crippen MR) is 98.4 cm³/mol. The van der Waals surface area contributed by atoms with E-state index in [2.05, 4.69) is 0 Å². The molecule has 0 bridgehead atoms. The van der Waals surface area contributed by atoms with E-state index in [9.17, 15) is 27.6 Å². The van der Waals surface area contributed by atoms with Gasteiger partial charge in [-0.1, -0.05) is 23.7 Å². The number of methoxy groups -OCH3 is 1. The summed E-state index contributed by atoms with van der Waals surface area (Å²) < 4.78 is 44.1. The average Bonchev–Trinajstić information content (AvgIpc) is 2.66. The first-order valence-electron chi connectivity index (χ1n) is 8.04. The number of alkyl halides is 3. The van der Waals surface area contributed by atoms with E-state index in [1.54, 1.807) is 24.3 Å². The summed E-state index contributed by atoms with van der Waals surface area (Å²) >= 11 is 5.93. The van der Waals surface area contributed by atoms with Crippen LogP contribution < -0.4 is 15.0 Å². The minimum absolute atomic E-state index is 0.264. The number of anilines is 1. The van der Waals surface area contributed by atoms with Crippen molar-refractivity contribution in [1.29, 1.82) is 0 Å². The van der Waals surface area contributed by atoms with Crippen LogP contribution in [-0.4, -0.2) is 25.0 Å². The van der Waals surface area contributed by atoms with E-state index >= 15 is 0 Å². The Kier molecular flexibility index (Phi) is 5.34. The smallest absolute Gasteiger partial charge is 0.416 e. The fourth-order valence-electron chi connectivity index (χ4n) is 2.60. The van der Waals surface area contributed by atoms with Crippen LogP contribution in [0.3, 0.4) is 0 Å². The van der Waals surface area contributed by atoms with Gasteiger partial charge in [0.05, 0.1) is 23.4 Å². The molecular weight excluding hydrogens is 413 g/mol. The van der Waals surface area contributed by atoms with Gasteiger partial charge in [0.15, 0.2) is 0 Å². The Morgan fingerprint density at radius 2 is 1.72 bits per heavy atom. The Labute approximate surface area is 167 Å². The van der Waals surface area contributed by atoms with Crippen LogP contribution in [0, 0.1) is 0 Å². The number of hydrogen-bond donors (Lipinski definition) is 1. The van der Waals surface area contributed by atoms with Crippen LogP contribution in [0.15, 0.2) is 48.0 Å². The zero-order valence-corrected chi connectivity index (χ0v) is 15.5. The summed E-state index contributed by atoms with van der Waals surface area (Å²) in [5.41, 5.74) is -1.59. The summed E-state index contributed by atoms with van der Waals surface area (Å²) in [4.78, 5) is 37.5. The molecule has 29 heavy (non-hydrogen) atoms. The number of carbonyl (C=O) groups excluding carboxylic acids is 3. The SMILES string of the molecule is COc1ccc(/C=C2\C(=O)NC(=O)N(c3cc(C(F)(F)F)ccc3Cl)C2=O)cc1. The summed E-state index contributed by atoms with van der Waals surface area (Å²) in [6, 6.07) is 7.30. The van der Waals surface area contributed by atoms with Gasteiger partial charge in [0, 0.05) is 0 Å². The topological polar surface area (TPSA) is 75.7 Å². The summed E-state index contributed by atoms with van der Waals surface area (Å²) in [6.45, 7) is 0. The van der Waals surface area contributed by atoms with E-state index in [0.717, 1.165) is 12.1 Å². The predicted octanol–water partition coefficient (Wildman–Crippen LogP) is 4.03. The average molecular weight is 425 g/mol. The second-order valence-corrected chi connectivity index (χ2v) is 6.30. The minimum Gasteiger partial charge on any atom is -0.497 e. The van der Waals surface area contributed by atoms with Gasteiger partial charge >= 0.3 is 12.2 Å². The van der Waals surface area contributed by atoms with Crippen molar-refractivity contribution in [3.8, 4) is 5.75 Å². The lowest BCUT2D eigenvalue weighted by Gasteiger charge is -2.27. The Balaban J connectivity index is 2.04.